The highest BCUT2D eigenvalue weighted by Gasteiger charge is 2.21. The normalized spacial score (nSPS) is 11.0. The lowest BCUT2D eigenvalue weighted by atomic mass is 10.3. The van der Waals surface area contributed by atoms with E-state index < -0.39 is 0 Å². The fraction of sp³-hybridized carbons (Fsp3) is 0.136. The minimum absolute atomic E-state index is 0.00250. The van der Waals surface area contributed by atoms with Crippen LogP contribution in [0.15, 0.2) is 71.8 Å². The topological polar surface area (TPSA) is 46.1 Å². The average Bonchev–Trinajstić information content (AvgIpc) is 3.19. The highest BCUT2D eigenvalue weighted by atomic mass is 35.5. The van der Waals surface area contributed by atoms with Crippen LogP contribution in [0.1, 0.15) is 12.1 Å². The Morgan fingerprint density at radius 3 is 2.60 bits per heavy atom. The van der Waals surface area contributed by atoms with E-state index in [-0.39, 0.29) is 5.91 Å². The number of hydrogen-bond donors (Lipinski definition) is 0. The molecule has 2 aromatic heterocycles. The molecule has 0 spiro atoms. The number of pyridine rings is 1. The Hall–Kier alpha value is -2.12. The molecule has 30 heavy (non-hydrogen) atoms. The van der Waals surface area contributed by atoms with Gasteiger partial charge in [-0.25, -0.2) is 4.98 Å². The highest BCUT2D eigenvalue weighted by Crippen LogP contribution is 2.34. The summed E-state index contributed by atoms with van der Waals surface area (Å²) in [4.78, 5) is 25.0. The Bertz CT molecular complexity index is 1150. The van der Waals surface area contributed by atoms with Gasteiger partial charge in [-0.1, -0.05) is 46.7 Å². The fourth-order valence-electron chi connectivity index (χ4n) is 2.86. The number of halogens is 2. The summed E-state index contributed by atoms with van der Waals surface area (Å²) >= 11 is 15.3. The largest absolute Gasteiger partial charge is 0.282 e. The second-order valence-corrected chi connectivity index (χ2v) is 9.46. The van der Waals surface area contributed by atoms with E-state index in [2.05, 4.69) is 9.97 Å². The van der Waals surface area contributed by atoms with Crippen LogP contribution < -0.4 is 4.90 Å². The molecule has 4 aromatic rings. The number of aromatic nitrogens is 2. The molecule has 8 heteroatoms. The van der Waals surface area contributed by atoms with Crippen molar-refractivity contribution in [2.24, 2.45) is 0 Å². The zero-order valence-electron chi connectivity index (χ0n) is 15.8. The quantitative estimate of drug-likeness (QED) is 0.279. The molecule has 0 fully saturated rings. The predicted octanol–water partition coefficient (Wildman–Crippen LogP) is 6.71. The van der Waals surface area contributed by atoms with Gasteiger partial charge in [0.05, 0.1) is 22.0 Å². The number of nitrogens with zero attached hydrogens (tertiary/aromatic N) is 3. The number of benzene rings is 2. The van der Waals surface area contributed by atoms with E-state index in [0.29, 0.717) is 39.4 Å². The molecule has 152 valence electrons. The maximum absolute atomic E-state index is 13.2. The number of rotatable bonds is 7. The number of carbonyl (C=O) groups excluding carboxylic acids is 1. The molecule has 0 bridgehead atoms. The van der Waals surface area contributed by atoms with Gasteiger partial charge in [-0.2, -0.15) is 0 Å². The van der Waals surface area contributed by atoms with Crippen LogP contribution in [0.25, 0.3) is 10.2 Å². The van der Waals surface area contributed by atoms with Gasteiger partial charge in [0, 0.05) is 28.3 Å². The third kappa shape index (κ3) is 5.13. The molecule has 0 radical (unpaired) electrons. The molecule has 0 aliphatic rings. The number of fused-ring (bicyclic) bond motifs is 1. The number of thiazole rings is 1. The van der Waals surface area contributed by atoms with Crippen LogP contribution >= 0.6 is 46.3 Å². The molecule has 0 saturated carbocycles. The zero-order chi connectivity index (χ0) is 20.9. The van der Waals surface area contributed by atoms with Crippen molar-refractivity contribution < 1.29 is 4.79 Å². The second-order valence-electron chi connectivity index (χ2n) is 6.44. The molecular formula is C22H17Cl2N3OS2. The lowest BCUT2D eigenvalue weighted by molar-refractivity contribution is -0.118. The molecular weight excluding hydrogens is 457 g/mol. The summed E-state index contributed by atoms with van der Waals surface area (Å²) in [6.45, 7) is 0.364. The number of hydrogen-bond acceptors (Lipinski definition) is 5. The summed E-state index contributed by atoms with van der Waals surface area (Å²) in [7, 11) is 0. The van der Waals surface area contributed by atoms with E-state index in [9.17, 15) is 4.79 Å². The molecule has 0 aliphatic carbocycles. The number of anilines is 1. The zero-order valence-corrected chi connectivity index (χ0v) is 18.9. The summed E-state index contributed by atoms with van der Waals surface area (Å²) in [5.74, 6) is 0.655. The van der Waals surface area contributed by atoms with Gasteiger partial charge in [-0.15, -0.1) is 11.8 Å². The van der Waals surface area contributed by atoms with Crippen LogP contribution in [-0.4, -0.2) is 21.6 Å². The SMILES string of the molecule is O=C(CCSc1ccc(Cl)cc1)N(Cc1ccccn1)c1nc2c(Cl)cccc2s1. The van der Waals surface area contributed by atoms with Crippen molar-refractivity contribution >= 4 is 67.6 Å². The molecule has 4 rings (SSSR count). The first-order valence-corrected chi connectivity index (χ1v) is 11.8. The molecule has 0 atom stereocenters. The summed E-state index contributed by atoms with van der Waals surface area (Å²) in [5.41, 5.74) is 1.52. The number of thioether (sulfide) groups is 1. The lowest BCUT2D eigenvalue weighted by Gasteiger charge is -2.19. The number of para-hydroxylation sites is 1. The van der Waals surface area contributed by atoms with E-state index in [1.807, 2.05) is 54.6 Å². The molecule has 2 aromatic carbocycles. The van der Waals surface area contributed by atoms with Crippen LogP contribution in [0.3, 0.4) is 0 Å². The molecule has 0 unspecified atom stereocenters. The molecule has 0 N–H and O–H groups in total. The van der Waals surface area contributed by atoms with Crippen LogP contribution in [-0.2, 0) is 11.3 Å². The van der Waals surface area contributed by atoms with Crippen molar-refractivity contribution in [2.45, 2.75) is 17.9 Å². The van der Waals surface area contributed by atoms with E-state index in [4.69, 9.17) is 23.2 Å². The van der Waals surface area contributed by atoms with E-state index in [1.54, 1.807) is 28.9 Å². The monoisotopic (exact) mass is 473 g/mol. The van der Waals surface area contributed by atoms with Crippen LogP contribution in [0, 0.1) is 0 Å². The Morgan fingerprint density at radius 2 is 1.87 bits per heavy atom. The number of amides is 1. The Morgan fingerprint density at radius 1 is 1.03 bits per heavy atom. The standard InChI is InChI=1S/C22H17Cl2N3OS2/c23-15-7-9-17(10-8-15)29-13-11-20(28)27(14-16-4-1-2-12-25-16)22-26-21-18(24)5-3-6-19(21)30-22/h1-10,12H,11,13-14H2. The number of carbonyl (C=O) groups is 1. The van der Waals surface area contributed by atoms with E-state index >= 15 is 0 Å². The first-order valence-electron chi connectivity index (χ1n) is 9.24. The van der Waals surface area contributed by atoms with Crippen molar-refractivity contribution in [1.82, 2.24) is 9.97 Å². The molecule has 2 heterocycles. The van der Waals surface area contributed by atoms with Gasteiger partial charge in [0.2, 0.25) is 5.91 Å². The Balaban J connectivity index is 1.53. The third-order valence-electron chi connectivity index (χ3n) is 4.33. The van der Waals surface area contributed by atoms with Gasteiger partial charge < -0.3 is 0 Å². The molecule has 0 saturated heterocycles. The van der Waals surface area contributed by atoms with Crippen molar-refractivity contribution in [1.29, 1.82) is 0 Å². The van der Waals surface area contributed by atoms with Crippen molar-refractivity contribution in [3.8, 4) is 0 Å². The van der Waals surface area contributed by atoms with Gasteiger partial charge in [0.25, 0.3) is 0 Å². The highest BCUT2D eigenvalue weighted by molar-refractivity contribution is 7.99. The maximum atomic E-state index is 13.2. The maximum Gasteiger partial charge on any atom is 0.229 e. The Labute approximate surface area is 192 Å². The van der Waals surface area contributed by atoms with Crippen LogP contribution in [0.4, 0.5) is 5.13 Å². The summed E-state index contributed by atoms with van der Waals surface area (Å²) in [6, 6.07) is 18.9. The van der Waals surface area contributed by atoms with Crippen LogP contribution in [0.5, 0.6) is 0 Å². The van der Waals surface area contributed by atoms with Gasteiger partial charge in [-0.05, 0) is 48.5 Å². The first-order chi connectivity index (χ1) is 14.6. The second kappa shape index (κ2) is 9.79. The van der Waals surface area contributed by atoms with Gasteiger partial charge in [0.1, 0.15) is 5.52 Å². The van der Waals surface area contributed by atoms with Crippen molar-refractivity contribution in [3.63, 3.8) is 0 Å². The molecule has 1 amide bonds. The van der Waals surface area contributed by atoms with Crippen molar-refractivity contribution in [3.05, 3.63) is 82.6 Å². The minimum atomic E-state index is -0.00250. The minimum Gasteiger partial charge on any atom is -0.282 e. The van der Waals surface area contributed by atoms with Crippen molar-refractivity contribution in [2.75, 3.05) is 10.7 Å². The summed E-state index contributed by atoms with van der Waals surface area (Å²) < 4.78 is 0.951. The average molecular weight is 474 g/mol. The van der Waals surface area contributed by atoms with Gasteiger partial charge in [0.15, 0.2) is 5.13 Å². The third-order valence-corrected chi connectivity index (χ3v) is 6.95. The summed E-state index contributed by atoms with van der Waals surface area (Å²) in [5, 5.41) is 1.91. The smallest absolute Gasteiger partial charge is 0.229 e. The predicted molar refractivity (Wildman–Crippen MR) is 127 cm³/mol. The first kappa shape index (κ1) is 21.1. The van der Waals surface area contributed by atoms with Gasteiger partial charge >= 0.3 is 0 Å². The van der Waals surface area contributed by atoms with E-state index in [0.717, 1.165) is 15.3 Å². The lowest BCUT2D eigenvalue weighted by Crippen LogP contribution is -2.30. The summed E-state index contributed by atoms with van der Waals surface area (Å²) in [6.07, 6.45) is 2.10. The molecule has 0 aliphatic heterocycles. The van der Waals surface area contributed by atoms with E-state index in [1.165, 1.54) is 11.3 Å². The van der Waals surface area contributed by atoms with Crippen LogP contribution in [0.2, 0.25) is 10.0 Å². The fourth-order valence-corrected chi connectivity index (χ4v) is 5.11. The molecule has 4 nitrogen and oxygen atoms in total. The Kier molecular flexibility index (Phi) is 6.89. The van der Waals surface area contributed by atoms with Gasteiger partial charge in [-0.3, -0.25) is 14.7 Å².